The first-order valence-corrected chi connectivity index (χ1v) is 11.1. The third kappa shape index (κ3) is 5.05. The highest BCUT2D eigenvalue weighted by Gasteiger charge is 2.19. The summed E-state index contributed by atoms with van der Waals surface area (Å²) >= 11 is 0. The molecule has 0 aliphatic rings. The zero-order valence-electron chi connectivity index (χ0n) is 20.4. The fraction of sp³-hybridized carbons (Fsp3) is 0.185. The molecule has 184 valence electrons. The minimum Gasteiger partial charge on any atom is -0.494 e. The first-order valence-electron chi connectivity index (χ1n) is 11.1. The molecule has 0 saturated carbocycles. The molecule has 1 amide bonds. The lowest BCUT2D eigenvalue weighted by molar-refractivity contribution is 0.0902. The van der Waals surface area contributed by atoms with E-state index in [2.05, 4.69) is 15.4 Å². The standard InChI is InChI=1S/C27H26N4O5/c1-17-6-8-19(21(14-17)31-13-5-12-29-31)26-24(35-3)11-9-20(30-26)22(32)16-28-27(33)18-7-10-23(34-2)25(15-18)36-4/h5-15H,16H2,1-4H3,(H,28,33). The second kappa shape index (κ2) is 10.7. The van der Waals surface area contributed by atoms with E-state index < -0.39 is 5.91 Å². The molecule has 1 N–H and O–H groups in total. The van der Waals surface area contributed by atoms with Crippen molar-refractivity contribution in [2.75, 3.05) is 27.9 Å². The minimum absolute atomic E-state index is 0.199. The summed E-state index contributed by atoms with van der Waals surface area (Å²) in [6, 6.07) is 15.7. The predicted octanol–water partition coefficient (Wildman–Crippen LogP) is 3.88. The van der Waals surface area contributed by atoms with Crippen molar-refractivity contribution in [1.82, 2.24) is 20.1 Å². The van der Waals surface area contributed by atoms with Crippen molar-refractivity contribution in [1.29, 1.82) is 0 Å². The number of carbonyl (C=O) groups excluding carboxylic acids is 2. The van der Waals surface area contributed by atoms with Gasteiger partial charge in [-0.1, -0.05) is 12.1 Å². The smallest absolute Gasteiger partial charge is 0.251 e. The van der Waals surface area contributed by atoms with Crippen LogP contribution >= 0.6 is 0 Å². The van der Waals surface area contributed by atoms with Crippen molar-refractivity contribution >= 4 is 11.7 Å². The van der Waals surface area contributed by atoms with Gasteiger partial charge >= 0.3 is 0 Å². The van der Waals surface area contributed by atoms with Gasteiger partial charge in [-0.05, 0) is 55.0 Å². The van der Waals surface area contributed by atoms with Gasteiger partial charge in [0.05, 0.1) is 33.6 Å². The van der Waals surface area contributed by atoms with Crippen LogP contribution < -0.4 is 19.5 Å². The number of nitrogens with one attached hydrogen (secondary N) is 1. The van der Waals surface area contributed by atoms with Crippen LogP contribution in [0.4, 0.5) is 0 Å². The molecule has 0 aliphatic carbocycles. The second-order valence-corrected chi connectivity index (χ2v) is 7.89. The lowest BCUT2D eigenvalue weighted by atomic mass is 10.0. The van der Waals surface area contributed by atoms with Gasteiger partial charge in [-0.3, -0.25) is 9.59 Å². The van der Waals surface area contributed by atoms with Gasteiger partial charge in [0.2, 0.25) is 0 Å². The van der Waals surface area contributed by atoms with Crippen LogP contribution in [0.25, 0.3) is 16.9 Å². The zero-order chi connectivity index (χ0) is 25.7. The highest BCUT2D eigenvalue weighted by atomic mass is 16.5. The number of methoxy groups -OCH3 is 3. The molecule has 0 saturated heterocycles. The van der Waals surface area contributed by atoms with E-state index >= 15 is 0 Å². The average Bonchev–Trinajstić information content (AvgIpc) is 3.45. The largest absolute Gasteiger partial charge is 0.494 e. The van der Waals surface area contributed by atoms with Gasteiger partial charge in [-0.25, -0.2) is 9.67 Å². The molecular weight excluding hydrogens is 460 g/mol. The van der Waals surface area contributed by atoms with Gasteiger partial charge in [0.25, 0.3) is 5.91 Å². The van der Waals surface area contributed by atoms with Crippen molar-refractivity contribution in [2.24, 2.45) is 0 Å². The minimum atomic E-state index is -0.419. The van der Waals surface area contributed by atoms with Crippen LogP contribution in [0.3, 0.4) is 0 Å². The number of ketones is 1. The number of ether oxygens (including phenoxy) is 3. The number of amides is 1. The number of aryl methyl sites for hydroxylation is 1. The first kappa shape index (κ1) is 24.5. The van der Waals surface area contributed by atoms with Crippen molar-refractivity contribution in [3.63, 3.8) is 0 Å². The molecule has 0 fully saturated rings. The Bertz CT molecular complexity index is 1400. The van der Waals surface area contributed by atoms with Crippen LogP contribution in [-0.4, -0.2) is 54.3 Å². The number of carbonyl (C=O) groups is 2. The molecule has 0 radical (unpaired) electrons. The lowest BCUT2D eigenvalue weighted by Crippen LogP contribution is -2.30. The molecule has 9 nitrogen and oxygen atoms in total. The Hall–Kier alpha value is -4.66. The van der Waals surface area contributed by atoms with E-state index in [1.54, 1.807) is 48.3 Å². The summed E-state index contributed by atoms with van der Waals surface area (Å²) in [5, 5.41) is 6.99. The summed E-state index contributed by atoms with van der Waals surface area (Å²) < 4.78 is 17.7. The van der Waals surface area contributed by atoms with Crippen molar-refractivity contribution in [3.8, 4) is 34.2 Å². The van der Waals surface area contributed by atoms with E-state index in [0.29, 0.717) is 28.5 Å². The number of hydrogen-bond acceptors (Lipinski definition) is 7. The summed E-state index contributed by atoms with van der Waals surface area (Å²) in [5.74, 6) is 0.672. The first-order chi connectivity index (χ1) is 17.4. The van der Waals surface area contributed by atoms with Gasteiger partial charge in [-0.2, -0.15) is 5.10 Å². The molecule has 0 bridgehead atoms. The molecule has 0 spiro atoms. The van der Waals surface area contributed by atoms with Gasteiger partial charge in [0.15, 0.2) is 17.3 Å². The Morgan fingerprint density at radius 1 is 0.917 bits per heavy atom. The maximum atomic E-state index is 13.0. The fourth-order valence-electron chi connectivity index (χ4n) is 3.73. The van der Waals surface area contributed by atoms with Gasteiger partial charge in [-0.15, -0.1) is 0 Å². The Morgan fingerprint density at radius 3 is 2.36 bits per heavy atom. The van der Waals surface area contributed by atoms with Gasteiger partial charge < -0.3 is 19.5 Å². The topological polar surface area (TPSA) is 105 Å². The van der Waals surface area contributed by atoms with Crippen molar-refractivity contribution in [3.05, 3.63) is 83.8 Å². The Morgan fingerprint density at radius 2 is 1.67 bits per heavy atom. The Kier molecular flexibility index (Phi) is 7.29. The lowest BCUT2D eigenvalue weighted by Gasteiger charge is -2.14. The molecule has 4 aromatic rings. The monoisotopic (exact) mass is 486 g/mol. The third-order valence-corrected chi connectivity index (χ3v) is 5.58. The summed E-state index contributed by atoms with van der Waals surface area (Å²) in [4.78, 5) is 30.2. The molecule has 2 aromatic carbocycles. The molecule has 0 unspecified atom stereocenters. The number of benzene rings is 2. The van der Waals surface area contributed by atoms with Crippen LogP contribution in [0.5, 0.6) is 17.2 Å². The number of aromatic nitrogens is 3. The Labute approximate surface area is 208 Å². The van der Waals surface area contributed by atoms with Gasteiger partial charge in [0.1, 0.15) is 17.1 Å². The maximum absolute atomic E-state index is 13.0. The van der Waals surface area contributed by atoms with E-state index in [9.17, 15) is 9.59 Å². The van der Waals surface area contributed by atoms with E-state index in [-0.39, 0.29) is 18.0 Å². The average molecular weight is 487 g/mol. The summed E-state index contributed by atoms with van der Waals surface area (Å²) in [6.07, 6.45) is 3.53. The van der Waals surface area contributed by atoms with Crippen LogP contribution in [-0.2, 0) is 0 Å². The normalized spacial score (nSPS) is 10.6. The number of rotatable bonds is 9. The molecule has 4 rings (SSSR count). The molecule has 0 atom stereocenters. The summed E-state index contributed by atoms with van der Waals surface area (Å²) in [7, 11) is 4.55. The quantitative estimate of drug-likeness (QED) is 0.358. The molecule has 36 heavy (non-hydrogen) atoms. The fourth-order valence-corrected chi connectivity index (χ4v) is 3.73. The molecular formula is C27H26N4O5. The van der Waals surface area contributed by atoms with E-state index in [1.165, 1.54) is 14.2 Å². The SMILES string of the molecule is COc1ccc(C(=O)NCC(=O)c2ccc(OC)c(-c3ccc(C)cc3-n3cccn3)n2)cc1OC. The highest BCUT2D eigenvalue weighted by molar-refractivity contribution is 6.01. The number of nitrogens with zero attached hydrogens (tertiary/aromatic N) is 3. The van der Waals surface area contributed by atoms with E-state index in [0.717, 1.165) is 16.8 Å². The molecule has 2 aromatic heterocycles. The highest BCUT2D eigenvalue weighted by Crippen LogP contribution is 2.33. The van der Waals surface area contributed by atoms with Crippen molar-refractivity contribution in [2.45, 2.75) is 6.92 Å². The number of hydrogen-bond donors (Lipinski definition) is 1. The molecule has 2 heterocycles. The van der Waals surface area contributed by atoms with Gasteiger partial charge in [0, 0.05) is 23.5 Å². The summed E-state index contributed by atoms with van der Waals surface area (Å²) in [5.41, 5.74) is 3.65. The van der Waals surface area contributed by atoms with Crippen LogP contribution in [0.15, 0.2) is 67.0 Å². The van der Waals surface area contributed by atoms with Crippen LogP contribution in [0.2, 0.25) is 0 Å². The maximum Gasteiger partial charge on any atom is 0.251 e. The Balaban J connectivity index is 1.59. The second-order valence-electron chi connectivity index (χ2n) is 7.89. The molecule has 0 aliphatic heterocycles. The number of Topliss-reactive ketones (excluding diaryl/α,β-unsaturated/α-hetero) is 1. The number of pyridine rings is 1. The van der Waals surface area contributed by atoms with Crippen LogP contribution in [0.1, 0.15) is 26.4 Å². The van der Waals surface area contributed by atoms with E-state index in [1.807, 2.05) is 37.4 Å². The molecule has 9 heteroatoms. The van der Waals surface area contributed by atoms with Crippen molar-refractivity contribution < 1.29 is 23.8 Å². The van der Waals surface area contributed by atoms with E-state index in [4.69, 9.17) is 14.2 Å². The summed E-state index contributed by atoms with van der Waals surface area (Å²) in [6.45, 7) is 1.76. The van der Waals surface area contributed by atoms with Crippen LogP contribution in [0, 0.1) is 6.92 Å². The predicted molar refractivity (Wildman–Crippen MR) is 134 cm³/mol. The zero-order valence-corrected chi connectivity index (χ0v) is 20.4. The third-order valence-electron chi connectivity index (χ3n) is 5.58.